The third kappa shape index (κ3) is 4.41. The summed E-state index contributed by atoms with van der Waals surface area (Å²) in [6, 6.07) is 4.69. The van der Waals surface area contributed by atoms with E-state index >= 15 is 0 Å². The third-order valence-corrected chi connectivity index (χ3v) is 4.80. The molecule has 0 aromatic heterocycles. The summed E-state index contributed by atoms with van der Waals surface area (Å²) in [6.45, 7) is 4.66. The summed E-state index contributed by atoms with van der Waals surface area (Å²) in [4.78, 5) is 2.34. The molecule has 1 aromatic rings. The molecule has 1 heterocycles. The van der Waals surface area contributed by atoms with E-state index in [2.05, 4.69) is 11.8 Å². The molecule has 0 saturated carbocycles. The lowest BCUT2D eigenvalue weighted by Crippen LogP contribution is -2.35. The molecule has 1 saturated heterocycles. The van der Waals surface area contributed by atoms with Crippen LogP contribution in [-0.2, 0) is 0 Å². The van der Waals surface area contributed by atoms with E-state index in [0.717, 1.165) is 19.0 Å². The summed E-state index contributed by atoms with van der Waals surface area (Å²) in [5.41, 5.74) is 6.59. The van der Waals surface area contributed by atoms with Crippen molar-refractivity contribution in [1.82, 2.24) is 4.90 Å². The third-order valence-electron chi connectivity index (χ3n) is 4.56. The van der Waals surface area contributed by atoms with E-state index in [-0.39, 0.29) is 11.9 Å². The Morgan fingerprint density at radius 1 is 1.38 bits per heavy atom. The summed E-state index contributed by atoms with van der Waals surface area (Å²) in [5.74, 6) is 0.604. The van der Waals surface area contributed by atoms with Crippen molar-refractivity contribution in [2.45, 2.75) is 45.1 Å². The van der Waals surface area contributed by atoms with Gasteiger partial charge in [0.25, 0.3) is 0 Å². The first-order valence-electron chi connectivity index (χ1n) is 8.04. The molecular formula is C17H26ClFN2. The molecule has 2 nitrogen and oxygen atoms in total. The second-order valence-electron chi connectivity index (χ2n) is 6.04. The fourth-order valence-corrected chi connectivity index (χ4v) is 3.62. The van der Waals surface area contributed by atoms with Gasteiger partial charge in [0.05, 0.1) is 0 Å². The lowest BCUT2D eigenvalue weighted by molar-refractivity contribution is 0.202. The predicted octanol–water partition coefficient (Wildman–Crippen LogP) is 4.38. The molecule has 1 aliphatic rings. The van der Waals surface area contributed by atoms with E-state index in [1.54, 1.807) is 12.1 Å². The number of likely N-dealkylation sites (tertiary alicyclic amines) is 1. The van der Waals surface area contributed by atoms with Crippen molar-refractivity contribution in [2.75, 3.05) is 19.6 Å². The van der Waals surface area contributed by atoms with Crippen LogP contribution in [0, 0.1) is 11.7 Å². The van der Waals surface area contributed by atoms with Gasteiger partial charge in [-0.3, -0.25) is 4.90 Å². The second kappa shape index (κ2) is 8.11. The molecule has 1 aromatic carbocycles. The van der Waals surface area contributed by atoms with Crippen molar-refractivity contribution in [2.24, 2.45) is 11.7 Å². The molecular weight excluding hydrogens is 287 g/mol. The number of rotatable bonds is 5. The van der Waals surface area contributed by atoms with Gasteiger partial charge < -0.3 is 5.73 Å². The Kier molecular flexibility index (Phi) is 6.46. The molecule has 0 bridgehead atoms. The topological polar surface area (TPSA) is 29.3 Å². The van der Waals surface area contributed by atoms with Crippen LogP contribution in [0.25, 0.3) is 0 Å². The molecule has 2 atom stereocenters. The smallest absolute Gasteiger partial charge is 0.128 e. The highest BCUT2D eigenvalue weighted by Crippen LogP contribution is 2.30. The van der Waals surface area contributed by atoms with Crippen molar-refractivity contribution in [1.29, 1.82) is 0 Å². The molecule has 0 radical (unpaired) electrons. The summed E-state index contributed by atoms with van der Waals surface area (Å²) < 4.78 is 14.1. The number of hydrogen-bond donors (Lipinski definition) is 1. The maximum atomic E-state index is 14.1. The first-order valence-corrected chi connectivity index (χ1v) is 8.42. The van der Waals surface area contributed by atoms with Gasteiger partial charge in [0, 0.05) is 23.2 Å². The lowest BCUT2D eigenvalue weighted by Gasteiger charge is -2.30. The van der Waals surface area contributed by atoms with E-state index in [4.69, 9.17) is 17.3 Å². The van der Waals surface area contributed by atoms with Crippen LogP contribution in [0.4, 0.5) is 4.39 Å². The number of benzene rings is 1. The van der Waals surface area contributed by atoms with Crippen molar-refractivity contribution in [3.63, 3.8) is 0 Å². The van der Waals surface area contributed by atoms with E-state index in [9.17, 15) is 4.39 Å². The molecule has 2 rings (SSSR count). The van der Waals surface area contributed by atoms with Crippen LogP contribution in [0.15, 0.2) is 18.2 Å². The maximum Gasteiger partial charge on any atom is 0.128 e. The average molecular weight is 313 g/mol. The van der Waals surface area contributed by atoms with E-state index in [1.165, 1.54) is 38.2 Å². The Morgan fingerprint density at radius 2 is 2.19 bits per heavy atom. The number of nitrogens with two attached hydrogens (primary N) is 1. The number of hydrogen-bond acceptors (Lipinski definition) is 2. The van der Waals surface area contributed by atoms with E-state index in [1.807, 2.05) is 0 Å². The van der Waals surface area contributed by atoms with Crippen molar-refractivity contribution in [3.8, 4) is 0 Å². The molecule has 0 spiro atoms. The van der Waals surface area contributed by atoms with Crippen LogP contribution in [0.1, 0.15) is 50.6 Å². The maximum absolute atomic E-state index is 14.1. The Labute approximate surface area is 132 Å². The van der Waals surface area contributed by atoms with Gasteiger partial charge in [-0.1, -0.05) is 31.4 Å². The zero-order valence-electron chi connectivity index (χ0n) is 12.8. The summed E-state index contributed by atoms with van der Waals surface area (Å²) >= 11 is 6.03. The highest BCUT2D eigenvalue weighted by Gasteiger charge is 2.25. The quantitative estimate of drug-likeness (QED) is 0.874. The van der Waals surface area contributed by atoms with Gasteiger partial charge in [0.2, 0.25) is 0 Å². The fraction of sp³-hybridized carbons (Fsp3) is 0.647. The van der Waals surface area contributed by atoms with Gasteiger partial charge in [0.1, 0.15) is 5.82 Å². The minimum atomic E-state index is -0.204. The predicted molar refractivity (Wildman–Crippen MR) is 87.0 cm³/mol. The first-order chi connectivity index (χ1) is 10.2. The van der Waals surface area contributed by atoms with Gasteiger partial charge >= 0.3 is 0 Å². The highest BCUT2D eigenvalue weighted by atomic mass is 35.5. The van der Waals surface area contributed by atoms with Crippen LogP contribution in [0.5, 0.6) is 0 Å². The summed E-state index contributed by atoms with van der Waals surface area (Å²) in [7, 11) is 0. The molecule has 2 N–H and O–H groups in total. The second-order valence-corrected chi connectivity index (χ2v) is 6.48. The summed E-state index contributed by atoms with van der Waals surface area (Å²) in [5, 5.41) is 0.573. The Hall–Kier alpha value is -0.640. The normalized spacial score (nSPS) is 22.0. The van der Waals surface area contributed by atoms with Gasteiger partial charge in [-0.2, -0.15) is 0 Å². The van der Waals surface area contributed by atoms with Crippen LogP contribution in [0.3, 0.4) is 0 Å². The van der Waals surface area contributed by atoms with Gasteiger partial charge in [-0.05, 0) is 56.5 Å². The van der Waals surface area contributed by atoms with E-state index < -0.39 is 0 Å². The molecule has 0 amide bonds. The van der Waals surface area contributed by atoms with Crippen molar-refractivity contribution >= 4 is 11.6 Å². The monoisotopic (exact) mass is 312 g/mol. The lowest BCUT2D eigenvalue weighted by atomic mass is 9.96. The zero-order valence-corrected chi connectivity index (χ0v) is 13.6. The largest absolute Gasteiger partial charge is 0.329 e. The SMILES string of the molecule is CCCC1CCCN(C(CN)c2cc(Cl)ccc2F)CC1. The fourth-order valence-electron chi connectivity index (χ4n) is 3.44. The summed E-state index contributed by atoms with van der Waals surface area (Å²) in [6.07, 6.45) is 6.18. The van der Waals surface area contributed by atoms with Gasteiger partial charge in [-0.15, -0.1) is 0 Å². The average Bonchev–Trinajstić information content (AvgIpc) is 2.70. The van der Waals surface area contributed by atoms with Crippen LogP contribution in [0.2, 0.25) is 5.02 Å². The molecule has 0 aliphatic carbocycles. The Balaban J connectivity index is 2.12. The minimum Gasteiger partial charge on any atom is -0.329 e. The van der Waals surface area contributed by atoms with Crippen LogP contribution < -0.4 is 5.73 Å². The molecule has 1 aliphatic heterocycles. The highest BCUT2D eigenvalue weighted by molar-refractivity contribution is 6.30. The van der Waals surface area contributed by atoms with Gasteiger partial charge in [0.15, 0.2) is 0 Å². The minimum absolute atomic E-state index is 0.0657. The van der Waals surface area contributed by atoms with Crippen molar-refractivity contribution < 1.29 is 4.39 Å². The molecule has 118 valence electrons. The molecule has 2 unspecified atom stereocenters. The number of nitrogens with zero attached hydrogens (tertiary/aromatic N) is 1. The Bertz CT molecular complexity index is 452. The van der Waals surface area contributed by atoms with Crippen LogP contribution >= 0.6 is 11.6 Å². The van der Waals surface area contributed by atoms with E-state index in [0.29, 0.717) is 17.1 Å². The standard InChI is InChI=1S/C17H26ClFN2/c1-2-4-13-5-3-9-21(10-8-13)17(12-20)15-11-14(18)6-7-16(15)19/h6-7,11,13,17H,2-5,8-10,12,20H2,1H3. The van der Waals surface area contributed by atoms with Crippen LogP contribution in [-0.4, -0.2) is 24.5 Å². The molecule has 21 heavy (non-hydrogen) atoms. The first kappa shape index (κ1) is 16.7. The zero-order chi connectivity index (χ0) is 15.2. The Morgan fingerprint density at radius 3 is 2.90 bits per heavy atom. The van der Waals surface area contributed by atoms with Gasteiger partial charge in [-0.25, -0.2) is 4.39 Å². The number of halogens is 2. The molecule has 1 fully saturated rings. The molecule has 4 heteroatoms. The van der Waals surface area contributed by atoms with Crippen molar-refractivity contribution in [3.05, 3.63) is 34.6 Å².